The van der Waals surface area contributed by atoms with Crippen LogP contribution in [0, 0.1) is 6.92 Å². The van der Waals surface area contributed by atoms with Gasteiger partial charge in [0.2, 0.25) is 0 Å². The van der Waals surface area contributed by atoms with E-state index < -0.39 is 0 Å². The van der Waals surface area contributed by atoms with Gasteiger partial charge in [-0.1, -0.05) is 13.8 Å². The quantitative estimate of drug-likeness (QED) is 0.749. The Kier molecular flexibility index (Phi) is 3.66. The molecule has 2 N–H and O–H groups in total. The second-order valence-electron chi connectivity index (χ2n) is 3.87. The van der Waals surface area contributed by atoms with Crippen LogP contribution < -0.4 is 5.32 Å². The molecule has 1 aromatic heterocycles. The largest absolute Gasteiger partial charge is 0.394 e. The fraction of sp³-hybridized carbons (Fsp3) is 0.700. The molecule has 14 heavy (non-hydrogen) atoms. The molecular weight excluding hydrogens is 178 g/mol. The van der Waals surface area contributed by atoms with Gasteiger partial charge in [0.15, 0.2) is 0 Å². The Hall–Kier alpha value is -0.870. The van der Waals surface area contributed by atoms with E-state index in [-0.39, 0.29) is 12.6 Å². The first-order chi connectivity index (χ1) is 6.56. The monoisotopic (exact) mass is 197 g/mol. The molecule has 0 aliphatic heterocycles. The van der Waals surface area contributed by atoms with Gasteiger partial charge >= 0.3 is 0 Å². The summed E-state index contributed by atoms with van der Waals surface area (Å²) in [5.74, 6) is 0. The number of aryl methyl sites for hydroxylation is 1. The predicted molar refractivity (Wildman–Crippen MR) is 56.0 cm³/mol. The van der Waals surface area contributed by atoms with Crippen LogP contribution in [0.1, 0.15) is 31.1 Å². The van der Waals surface area contributed by atoms with Crippen LogP contribution in [0.2, 0.25) is 0 Å². The van der Waals surface area contributed by atoms with E-state index in [9.17, 15) is 5.11 Å². The third-order valence-corrected chi connectivity index (χ3v) is 2.37. The first-order valence-corrected chi connectivity index (χ1v) is 4.91. The molecule has 80 valence electrons. The predicted octanol–water partition coefficient (Wildman–Crippen LogP) is 0.760. The van der Waals surface area contributed by atoms with Gasteiger partial charge in [0.1, 0.15) is 0 Å². The van der Waals surface area contributed by atoms with E-state index in [2.05, 4.69) is 24.3 Å². The number of rotatable bonds is 4. The number of hydrogen-bond donors (Lipinski definition) is 2. The molecule has 0 aliphatic rings. The third kappa shape index (κ3) is 2.33. The summed E-state index contributed by atoms with van der Waals surface area (Å²) >= 11 is 0. The maximum Gasteiger partial charge on any atom is 0.0627 e. The standard InChI is InChI=1S/C10H19N3O/c1-7(2)12-10(6-14)9-5-11-13(4)8(9)3/h5,7,10,12,14H,6H2,1-4H3. The van der Waals surface area contributed by atoms with Gasteiger partial charge in [-0.25, -0.2) is 0 Å². The molecule has 0 amide bonds. The molecule has 0 aromatic carbocycles. The number of nitrogens with one attached hydrogen (secondary N) is 1. The molecule has 0 bridgehead atoms. The van der Waals surface area contributed by atoms with Crippen molar-refractivity contribution in [2.75, 3.05) is 6.61 Å². The molecule has 0 aliphatic carbocycles. The van der Waals surface area contributed by atoms with Gasteiger partial charge in [-0.2, -0.15) is 5.10 Å². The Bertz CT molecular complexity index is 294. The zero-order valence-electron chi connectivity index (χ0n) is 9.28. The number of nitrogens with zero attached hydrogens (tertiary/aromatic N) is 2. The van der Waals surface area contributed by atoms with E-state index in [1.807, 2.05) is 24.9 Å². The summed E-state index contributed by atoms with van der Waals surface area (Å²) in [5.41, 5.74) is 2.17. The van der Waals surface area contributed by atoms with Crippen molar-refractivity contribution in [2.45, 2.75) is 32.9 Å². The maximum absolute atomic E-state index is 9.26. The van der Waals surface area contributed by atoms with Crippen LogP contribution in [0.3, 0.4) is 0 Å². The van der Waals surface area contributed by atoms with Gasteiger partial charge in [0, 0.05) is 24.3 Å². The summed E-state index contributed by atoms with van der Waals surface area (Å²) < 4.78 is 1.82. The Morgan fingerprint density at radius 2 is 2.21 bits per heavy atom. The van der Waals surface area contributed by atoms with Crippen molar-refractivity contribution in [2.24, 2.45) is 7.05 Å². The number of aliphatic hydroxyl groups is 1. The molecule has 0 spiro atoms. The van der Waals surface area contributed by atoms with E-state index >= 15 is 0 Å². The van der Waals surface area contributed by atoms with Crippen LogP contribution in [-0.4, -0.2) is 27.5 Å². The van der Waals surface area contributed by atoms with E-state index in [0.29, 0.717) is 6.04 Å². The molecule has 4 heteroatoms. The Morgan fingerprint density at radius 3 is 2.57 bits per heavy atom. The van der Waals surface area contributed by atoms with E-state index in [0.717, 1.165) is 11.3 Å². The molecule has 0 saturated heterocycles. The first-order valence-electron chi connectivity index (χ1n) is 4.91. The smallest absolute Gasteiger partial charge is 0.0627 e. The highest BCUT2D eigenvalue weighted by molar-refractivity contribution is 5.20. The van der Waals surface area contributed by atoms with E-state index in [1.54, 1.807) is 0 Å². The fourth-order valence-electron chi connectivity index (χ4n) is 1.50. The molecule has 4 nitrogen and oxygen atoms in total. The molecule has 0 radical (unpaired) electrons. The van der Waals surface area contributed by atoms with Crippen LogP contribution in [0.5, 0.6) is 0 Å². The summed E-state index contributed by atoms with van der Waals surface area (Å²) in [6.07, 6.45) is 1.81. The highest BCUT2D eigenvalue weighted by Crippen LogP contribution is 2.16. The van der Waals surface area contributed by atoms with E-state index in [4.69, 9.17) is 0 Å². The molecule has 1 aromatic rings. The minimum Gasteiger partial charge on any atom is -0.394 e. The lowest BCUT2D eigenvalue weighted by Gasteiger charge is -2.18. The minimum atomic E-state index is -0.0105. The second kappa shape index (κ2) is 4.57. The van der Waals surface area contributed by atoms with Crippen molar-refractivity contribution < 1.29 is 5.11 Å². The van der Waals surface area contributed by atoms with Gasteiger partial charge in [-0.15, -0.1) is 0 Å². The van der Waals surface area contributed by atoms with E-state index in [1.165, 1.54) is 0 Å². The molecule has 1 heterocycles. The van der Waals surface area contributed by atoms with Crippen molar-refractivity contribution in [1.29, 1.82) is 0 Å². The van der Waals surface area contributed by atoms with Crippen LogP contribution in [-0.2, 0) is 7.05 Å². The minimum absolute atomic E-state index is 0.0105. The highest BCUT2D eigenvalue weighted by atomic mass is 16.3. The van der Waals surface area contributed by atoms with Gasteiger partial charge in [0.05, 0.1) is 18.8 Å². The van der Waals surface area contributed by atoms with Crippen molar-refractivity contribution in [3.05, 3.63) is 17.5 Å². The van der Waals surface area contributed by atoms with Crippen LogP contribution in [0.25, 0.3) is 0 Å². The lowest BCUT2D eigenvalue weighted by molar-refractivity contribution is 0.237. The summed E-state index contributed by atoms with van der Waals surface area (Å²) in [4.78, 5) is 0. The zero-order valence-corrected chi connectivity index (χ0v) is 9.28. The lowest BCUT2D eigenvalue weighted by atomic mass is 10.1. The molecule has 0 saturated carbocycles. The Morgan fingerprint density at radius 1 is 1.57 bits per heavy atom. The van der Waals surface area contributed by atoms with Crippen LogP contribution >= 0.6 is 0 Å². The summed E-state index contributed by atoms with van der Waals surface area (Å²) in [6, 6.07) is 0.343. The lowest BCUT2D eigenvalue weighted by Crippen LogP contribution is -2.30. The van der Waals surface area contributed by atoms with Gasteiger partial charge < -0.3 is 10.4 Å². The summed E-state index contributed by atoms with van der Waals surface area (Å²) in [5, 5.41) is 16.7. The van der Waals surface area contributed by atoms with Crippen molar-refractivity contribution in [1.82, 2.24) is 15.1 Å². The summed E-state index contributed by atoms with van der Waals surface area (Å²) in [6.45, 7) is 6.24. The Labute approximate surface area is 84.9 Å². The SMILES string of the molecule is Cc1c(C(CO)NC(C)C)cnn1C. The number of hydrogen-bond acceptors (Lipinski definition) is 3. The van der Waals surface area contributed by atoms with Gasteiger partial charge in [0.25, 0.3) is 0 Å². The van der Waals surface area contributed by atoms with Crippen molar-refractivity contribution >= 4 is 0 Å². The molecular formula is C10H19N3O. The van der Waals surface area contributed by atoms with Gasteiger partial charge in [-0.05, 0) is 6.92 Å². The number of aliphatic hydroxyl groups excluding tert-OH is 1. The Balaban J connectivity index is 2.84. The van der Waals surface area contributed by atoms with Crippen molar-refractivity contribution in [3.63, 3.8) is 0 Å². The average molecular weight is 197 g/mol. The fourth-order valence-corrected chi connectivity index (χ4v) is 1.50. The first kappa shape index (κ1) is 11.2. The third-order valence-electron chi connectivity index (χ3n) is 2.37. The second-order valence-corrected chi connectivity index (χ2v) is 3.87. The molecule has 1 atom stereocenters. The zero-order chi connectivity index (χ0) is 10.7. The maximum atomic E-state index is 9.26. The number of aromatic nitrogens is 2. The van der Waals surface area contributed by atoms with Crippen LogP contribution in [0.15, 0.2) is 6.20 Å². The summed E-state index contributed by atoms with van der Waals surface area (Å²) in [7, 11) is 1.91. The van der Waals surface area contributed by atoms with Crippen LogP contribution in [0.4, 0.5) is 0 Å². The van der Waals surface area contributed by atoms with Gasteiger partial charge in [-0.3, -0.25) is 4.68 Å². The average Bonchev–Trinajstić information content (AvgIpc) is 2.44. The topological polar surface area (TPSA) is 50.1 Å². The normalized spacial score (nSPS) is 13.6. The van der Waals surface area contributed by atoms with Crippen molar-refractivity contribution in [3.8, 4) is 0 Å². The molecule has 1 unspecified atom stereocenters. The molecule has 0 fully saturated rings. The highest BCUT2D eigenvalue weighted by Gasteiger charge is 2.15. The molecule has 1 rings (SSSR count).